The second kappa shape index (κ2) is 5.09. The van der Waals surface area contributed by atoms with Crippen LogP contribution in [0, 0.1) is 0 Å². The first-order valence-electron chi connectivity index (χ1n) is 4.61. The van der Waals surface area contributed by atoms with Gasteiger partial charge in [0.05, 0.1) is 6.20 Å². The fourth-order valence-electron chi connectivity index (χ4n) is 1.02. The van der Waals surface area contributed by atoms with Gasteiger partial charge in [-0.25, -0.2) is 18.1 Å². The monoisotopic (exact) mass is 295 g/mol. The lowest BCUT2D eigenvalue weighted by Crippen LogP contribution is -2.33. The van der Waals surface area contributed by atoms with Gasteiger partial charge in [-0.3, -0.25) is 0 Å². The summed E-state index contributed by atoms with van der Waals surface area (Å²) >= 11 is 3.21. The molecule has 0 saturated carbocycles. The second-order valence-electron chi connectivity index (χ2n) is 3.22. The van der Waals surface area contributed by atoms with Gasteiger partial charge in [0.15, 0.2) is 5.03 Å². The van der Waals surface area contributed by atoms with Crippen molar-refractivity contribution in [1.29, 1.82) is 0 Å². The van der Waals surface area contributed by atoms with Crippen LogP contribution in [-0.2, 0) is 16.4 Å². The highest BCUT2D eigenvalue weighted by molar-refractivity contribution is 9.09. The van der Waals surface area contributed by atoms with Crippen molar-refractivity contribution >= 4 is 26.0 Å². The number of rotatable bonds is 5. The number of aromatic amines is 1. The molecule has 1 unspecified atom stereocenters. The van der Waals surface area contributed by atoms with Gasteiger partial charge in [0.1, 0.15) is 5.82 Å². The maximum atomic E-state index is 11.7. The van der Waals surface area contributed by atoms with Crippen LogP contribution in [0.2, 0.25) is 0 Å². The first-order chi connectivity index (χ1) is 6.99. The molecule has 1 heterocycles. The summed E-state index contributed by atoms with van der Waals surface area (Å²) in [4.78, 5) is 6.70. The van der Waals surface area contributed by atoms with Crippen molar-refractivity contribution in [3.8, 4) is 0 Å². The molecule has 0 radical (unpaired) electrons. The number of H-pyrrole nitrogens is 1. The van der Waals surface area contributed by atoms with Crippen LogP contribution in [0.1, 0.15) is 19.7 Å². The lowest BCUT2D eigenvalue weighted by Gasteiger charge is -2.09. The fourth-order valence-corrected chi connectivity index (χ4v) is 2.58. The smallest absolute Gasteiger partial charge is 0.257 e. The minimum absolute atomic E-state index is 0.118. The van der Waals surface area contributed by atoms with E-state index in [0.29, 0.717) is 17.6 Å². The van der Waals surface area contributed by atoms with Crippen molar-refractivity contribution in [1.82, 2.24) is 14.7 Å². The Kier molecular flexibility index (Phi) is 4.30. The van der Waals surface area contributed by atoms with Crippen molar-refractivity contribution < 1.29 is 8.42 Å². The molecular weight excluding hydrogens is 282 g/mol. The summed E-state index contributed by atoms with van der Waals surface area (Å²) in [6.45, 7) is 3.69. The van der Waals surface area contributed by atoms with Gasteiger partial charge in [-0.05, 0) is 6.92 Å². The van der Waals surface area contributed by atoms with Crippen LogP contribution in [0.25, 0.3) is 0 Å². The van der Waals surface area contributed by atoms with Gasteiger partial charge in [-0.1, -0.05) is 22.9 Å². The quantitative estimate of drug-likeness (QED) is 0.797. The van der Waals surface area contributed by atoms with E-state index in [1.54, 1.807) is 6.92 Å². The Bertz CT molecular complexity index is 415. The molecule has 0 amide bonds. The maximum absolute atomic E-state index is 11.7. The number of aromatic nitrogens is 2. The molecule has 0 aromatic carbocycles. The predicted molar refractivity (Wildman–Crippen MR) is 61.5 cm³/mol. The number of halogens is 1. The highest BCUT2D eigenvalue weighted by atomic mass is 79.9. The molecule has 0 spiro atoms. The number of hydrogen-bond acceptors (Lipinski definition) is 3. The molecule has 1 aromatic rings. The minimum Gasteiger partial charge on any atom is -0.332 e. The maximum Gasteiger partial charge on any atom is 0.257 e. The molecule has 1 rings (SSSR count). The average Bonchev–Trinajstić information content (AvgIpc) is 2.65. The third-order valence-electron chi connectivity index (χ3n) is 1.82. The Morgan fingerprint density at radius 2 is 2.33 bits per heavy atom. The van der Waals surface area contributed by atoms with Crippen molar-refractivity contribution in [2.45, 2.75) is 31.3 Å². The van der Waals surface area contributed by atoms with E-state index in [1.165, 1.54) is 6.20 Å². The summed E-state index contributed by atoms with van der Waals surface area (Å²) in [7, 11) is -3.46. The van der Waals surface area contributed by atoms with E-state index in [9.17, 15) is 8.42 Å². The molecule has 1 atom stereocenters. The second-order valence-corrected chi connectivity index (χ2v) is 5.55. The van der Waals surface area contributed by atoms with E-state index in [0.717, 1.165) is 0 Å². The highest BCUT2D eigenvalue weighted by Crippen LogP contribution is 2.07. The fraction of sp³-hybridized carbons (Fsp3) is 0.625. The third kappa shape index (κ3) is 3.29. The molecule has 0 aliphatic carbocycles. The molecule has 5 nitrogen and oxygen atoms in total. The van der Waals surface area contributed by atoms with E-state index in [1.807, 2.05) is 6.92 Å². The number of hydrogen-bond donors (Lipinski definition) is 2. The third-order valence-corrected chi connectivity index (χ3v) is 4.29. The average molecular weight is 296 g/mol. The van der Waals surface area contributed by atoms with Crippen LogP contribution in [0.15, 0.2) is 11.2 Å². The van der Waals surface area contributed by atoms with E-state index in [4.69, 9.17) is 0 Å². The van der Waals surface area contributed by atoms with Crippen molar-refractivity contribution in [2.24, 2.45) is 0 Å². The SMILES string of the molecule is CCc1ncc(S(=O)(=O)NC(C)CBr)[nH]1. The topological polar surface area (TPSA) is 74.8 Å². The van der Waals surface area contributed by atoms with Crippen LogP contribution >= 0.6 is 15.9 Å². The lowest BCUT2D eigenvalue weighted by molar-refractivity contribution is 0.568. The summed E-state index contributed by atoms with van der Waals surface area (Å²) in [5.74, 6) is 0.668. The molecule has 0 fully saturated rings. The van der Waals surface area contributed by atoms with E-state index >= 15 is 0 Å². The summed E-state index contributed by atoms with van der Waals surface area (Å²) < 4.78 is 26.0. The molecule has 7 heteroatoms. The Morgan fingerprint density at radius 3 is 2.80 bits per heavy atom. The molecule has 0 aliphatic rings. The normalized spacial score (nSPS) is 14.1. The molecule has 0 bridgehead atoms. The first kappa shape index (κ1) is 12.7. The van der Waals surface area contributed by atoms with E-state index in [2.05, 4.69) is 30.6 Å². The number of aryl methyl sites for hydroxylation is 1. The zero-order valence-electron chi connectivity index (χ0n) is 8.62. The Balaban J connectivity index is 2.86. The Labute approximate surface area is 97.9 Å². The van der Waals surface area contributed by atoms with E-state index in [-0.39, 0.29) is 11.1 Å². The molecular formula is C8H14BrN3O2S. The van der Waals surface area contributed by atoms with Crippen LogP contribution in [0.3, 0.4) is 0 Å². The van der Waals surface area contributed by atoms with Crippen LogP contribution in [0.5, 0.6) is 0 Å². The predicted octanol–water partition coefficient (Wildman–Crippen LogP) is 1.03. The molecule has 1 aromatic heterocycles. The van der Waals surface area contributed by atoms with Crippen LogP contribution in [0.4, 0.5) is 0 Å². The highest BCUT2D eigenvalue weighted by Gasteiger charge is 2.18. The number of nitrogens with one attached hydrogen (secondary N) is 2. The van der Waals surface area contributed by atoms with Gasteiger partial charge in [0.25, 0.3) is 10.0 Å². The van der Waals surface area contributed by atoms with Crippen molar-refractivity contribution in [3.63, 3.8) is 0 Å². The molecule has 0 aliphatic heterocycles. The number of alkyl halides is 1. The summed E-state index contributed by atoms with van der Waals surface area (Å²) in [5, 5.41) is 0.688. The van der Waals surface area contributed by atoms with Crippen molar-refractivity contribution in [3.05, 3.63) is 12.0 Å². The zero-order chi connectivity index (χ0) is 11.5. The first-order valence-corrected chi connectivity index (χ1v) is 7.22. The van der Waals surface area contributed by atoms with Crippen LogP contribution in [-0.4, -0.2) is 29.8 Å². The van der Waals surface area contributed by atoms with Gasteiger partial charge in [0.2, 0.25) is 0 Å². The van der Waals surface area contributed by atoms with Gasteiger partial charge >= 0.3 is 0 Å². The van der Waals surface area contributed by atoms with Gasteiger partial charge in [-0.2, -0.15) is 0 Å². The number of imidazole rings is 1. The molecule has 0 saturated heterocycles. The summed E-state index contributed by atoms with van der Waals surface area (Å²) in [5.41, 5.74) is 0. The standard InChI is InChI=1S/C8H14BrN3O2S/c1-3-7-10-5-8(11-7)15(13,14)12-6(2)4-9/h5-6,12H,3-4H2,1-2H3,(H,10,11). The van der Waals surface area contributed by atoms with Gasteiger partial charge in [-0.15, -0.1) is 0 Å². The minimum atomic E-state index is -3.46. The van der Waals surface area contributed by atoms with Crippen molar-refractivity contribution in [2.75, 3.05) is 5.33 Å². The number of nitrogens with zero attached hydrogens (tertiary/aromatic N) is 1. The lowest BCUT2D eigenvalue weighted by atomic mass is 10.4. The summed E-state index contributed by atoms with van der Waals surface area (Å²) in [6.07, 6.45) is 2.02. The van der Waals surface area contributed by atoms with Gasteiger partial charge < -0.3 is 4.98 Å². The molecule has 2 N–H and O–H groups in total. The zero-order valence-corrected chi connectivity index (χ0v) is 11.0. The largest absolute Gasteiger partial charge is 0.332 e. The van der Waals surface area contributed by atoms with E-state index < -0.39 is 10.0 Å². The number of sulfonamides is 1. The van der Waals surface area contributed by atoms with Gasteiger partial charge in [0, 0.05) is 17.8 Å². The Morgan fingerprint density at radius 1 is 1.67 bits per heavy atom. The summed E-state index contributed by atoms with van der Waals surface area (Å²) in [6, 6.07) is -0.150. The van der Waals surface area contributed by atoms with Crippen LogP contribution < -0.4 is 4.72 Å². The molecule has 15 heavy (non-hydrogen) atoms. The Hall–Kier alpha value is -0.400. The molecule has 86 valence electrons.